The highest BCUT2D eigenvalue weighted by atomic mass is 32.2. The first-order chi connectivity index (χ1) is 18.1. The van der Waals surface area contributed by atoms with Gasteiger partial charge in [-0.25, -0.2) is 13.2 Å². The van der Waals surface area contributed by atoms with Crippen LogP contribution in [-0.4, -0.2) is 73.8 Å². The van der Waals surface area contributed by atoms with Crippen LogP contribution in [0.2, 0.25) is 0 Å². The van der Waals surface area contributed by atoms with E-state index in [9.17, 15) is 35.2 Å². The van der Waals surface area contributed by atoms with Crippen molar-refractivity contribution in [1.82, 2.24) is 0 Å². The third-order valence-electron chi connectivity index (χ3n) is 4.45. The van der Waals surface area contributed by atoms with Gasteiger partial charge in [-0.15, -0.1) is 0 Å². The van der Waals surface area contributed by atoms with Gasteiger partial charge in [0.2, 0.25) is 34.8 Å². The number of carbonyl (C=O) groups is 1. The molecule has 0 radical (unpaired) electrons. The third-order valence-corrected chi connectivity index (χ3v) is 5.78. The monoisotopic (exact) mass is 572 g/mol. The minimum atomic E-state index is -3.83. The molecule has 2 rings (SSSR count). The molecule has 0 heterocycles. The maximum Gasteiger partial charge on any atom is 0.313 e. The summed E-state index contributed by atoms with van der Waals surface area (Å²) in [4.78, 5) is 11.6. The number of hydrogen-bond acceptors (Lipinski definition) is 9. The lowest BCUT2D eigenvalue weighted by atomic mass is 10.2. The van der Waals surface area contributed by atoms with E-state index < -0.39 is 57.3 Å². The van der Waals surface area contributed by atoms with Crippen molar-refractivity contribution in [2.24, 2.45) is 0 Å². The van der Waals surface area contributed by atoms with Gasteiger partial charge in [0.1, 0.15) is 0 Å². The minimum absolute atomic E-state index is 0.0464. The van der Waals surface area contributed by atoms with E-state index in [2.05, 4.69) is 4.74 Å². The zero-order chi connectivity index (χ0) is 28.0. The first-order valence-electron chi connectivity index (χ1n) is 11.1. The van der Waals surface area contributed by atoms with Crippen molar-refractivity contribution in [2.75, 3.05) is 59.5 Å². The molecule has 0 spiro atoms. The molecule has 0 saturated heterocycles. The Bertz CT molecular complexity index is 1100. The van der Waals surface area contributed by atoms with Crippen LogP contribution >= 0.6 is 0 Å². The Labute approximate surface area is 215 Å². The van der Waals surface area contributed by atoms with Crippen molar-refractivity contribution in [3.8, 4) is 5.75 Å². The fraction of sp³-hybridized carbons (Fsp3) is 0.435. The summed E-state index contributed by atoms with van der Waals surface area (Å²) in [5.41, 5.74) is 0. The van der Waals surface area contributed by atoms with Crippen molar-refractivity contribution >= 4 is 16.1 Å². The second-order valence-corrected chi connectivity index (χ2v) is 8.78. The largest absolute Gasteiger partial charge is 0.420 e. The van der Waals surface area contributed by atoms with Gasteiger partial charge in [-0.1, -0.05) is 18.2 Å². The number of ether oxygens (including phenoxy) is 5. The second kappa shape index (κ2) is 16.3. The first kappa shape index (κ1) is 31.5. The molecule has 9 nitrogen and oxygen atoms in total. The van der Waals surface area contributed by atoms with Gasteiger partial charge in [0.15, 0.2) is 0 Å². The molecule has 0 bridgehead atoms. The Hall–Kier alpha value is -2.69. The standard InChI is InChI=1S/C23H25F5O9S/c24-18-19(25)21(27)23(22(28)20(18)26)37-17(29)6-7-32-8-9-33-10-11-34-12-13-35-14-15-36-38(30,31)16-4-2-1-3-5-16/h1-5H,6-15H2. The quantitative estimate of drug-likeness (QED) is 0.0507. The van der Waals surface area contributed by atoms with E-state index in [0.29, 0.717) is 0 Å². The summed E-state index contributed by atoms with van der Waals surface area (Å²) in [5, 5.41) is 0. The summed E-state index contributed by atoms with van der Waals surface area (Å²) < 4.78 is 120. The Morgan fingerprint density at radius 2 is 1.03 bits per heavy atom. The van der Waals surface area contributed by atoms with Crippen LogP contribution in [0.5, 0.6) is 5.75 Å². The Morgan fingerprint density at radius 1 is 0.605 bits per heavy atom. The highest BCUT2D eigenvalue weighted by Gasteiger charge is 2.28. The average molecular weight is 573 g/mol. The van der Waals surface area contributed by atoms with Crippen molar-refractivity contribution in [2.45, 2.75) is 11.3 Å². The van der Waals surface area contributed by atoms with Gasteiger partial charge >= 0.3 is 5.97 Å². The highest BCUT2D eigenvalue weighted by Crippen LogP contribution is 2.29. The normalized spacial score (nSPS) is 11.6. The molecule has 212 valence electrons. The van der Waals surface area contributed by atoms with Gasteiger partial charge in [0.05, 0.1) is 70.8 Å². The molecule has 2 aromatic rings. The molecule has 0 N–H and O–H groups in total. The van der Waals surface area contributed by atoms with E-state index in [1.165, 1.54) is 12.1 Å². The molecule has 0 atom stereocenters. The summed E-state index contributed by atoms with van der Waals surface area (Å²) in [6, 6.07) is 7.71. The predicted octanol–water partition coefficient (Wildman–Crippen LogP) is 3.15. The van der Waals surface area contributed by atoms with E-state index in [1.54, 1.807) is 18.2 Å². The third kappa shape index (κ3) is 10.2. The summed E-state index contributed by atoms with van der Waals surface area (Å²) in [6.45, 7) is 0.718. The van der Waals surface area contributed by atoms with E-state index in [0.717, 1.165) is 0 Å². The van der Waals surface area contributed by atoms with E-state index in [-0.39, 0.29) is 64.4 Å². The molecule has 0 aliphatic heterocycles. The van der Waals surface area contributed by atoms with Gasteiger partial charge in [-0.2, -0.15) is 17.2 Å². The topological polar surface area (TPSA) is 107 Å². The second-order valence-electron chi connectivity index (χ2n) is 7.16. The van der Waals surface area contributed by atoms with Crippen LogP contribution in [0.3, 0.4) is 0 Å². The number of halogens is 5. The molecule has 38 heavy (non-hydrogen) atoms. The first-order valence-corrected chi connectivity index (χ1v) is 12.5. The summed E-state index contributed by atoms with van der Waals surface area (Å²) >= 11 is 0. The van der Waals surface area contributed by atoms with Crippen molar-refractivity contribution in [3.63, 3.8) is 0 Å². The van der Waals surface area contributed by atoms with Crippen LogP contribution < -0.4 is 4.74 Å². The van der Waals surface area contributed by atoms with Gasteiger partial charge in [0.25, 0.3) is 10.1 Å². The smallest absolute Gasteiger partial charge is 0.313 e. The maximum absolute atomic E-state index is 13.5. The van der Waals surface area contributed by atoms with E-state index in [1.807, 2.05) is 0 Å². The lowest BCUT2D eigenvalue weighted by molar-refractivity contribution is -0.136. The Kier molecular flexibility index (Phi) is 13.5. The zero-order valence-electron chi connectivity index (χ0n) is 19.9. The zero-order valence-corrected chi connectivity index (χ0v) is 20.7. The van der Waals surface area contributed by atoms with E-state index in [4.69, 9.17) is 23.1 Å². The number of esters is 1. The van der Waals surface area contributed by atoms with Gasteiger partial charge in [-0.3, -0.25) is 8.98 Å². The van der Waals surface area contributed by atoms with Gasteiger partial charge in [0, 0.05) is 0 Å². The van der Waals surface area contributed by atoms with Crippen LogP contribution in [0.1, 0.15) is 6.42 Å². The number of rotatable bonds is 18. The molecular weight excluding hydrogens is 547 g/mol. The SMILES string of the molecule is O=C(CCOCCOCCOCCOCCOS(=O)(=O)c1ccccc1)Oc1c(F)c(F)c(F)c(F)c1F. The molecule has 2 aromatic carbocycles. The molecule has 0 aromatic heterocycles. The van der Waals surface area contributed by atoms with Crippen LogP contribution in [-0.2, 0) is 38.0 Å². The number of benzene rings is 2. The van der Waals surface area contributed by atoms with Gasteiger partial charge in [-0.05, 0) is 12.1 Å². The number of carbonyl (C=O) groups excluding carboxylic acids is 1. The predicted molar refractivity (Wildman–Crippen MR) is 119 cm³/mol. The molecule has 0 fully saturated rings. The Morgan fingerprint density at radius 3 is 1.53 bits per heavy atom. The molecule has 0 aliphatic rings. The Balaban J connectivity index is 1.42. The molecule has 15 heteroatoms. The molecule has 0 aliphatic carbocycles. The fourth-order valence-electron chi connectivity index (χ4n) is 2.61. The van der Waals surface area contributed by atoms with Crippen molar-refractivity contribution < 1.29 is 63.0 Å². The van der Waals surface area contributed by atoms with Crippen LogP contribution in [0.25, 0.3) is 0 Å². The average Bonchev–Trinajstić information content (AvgIpc) is 2.91. The molecule has 0 amide bonds. The van der Waals surface area contributed by atoms with Crippen molar-refractivity contribution in [1.29, 1.82) is 0 Å². The maximum atomic E-state index is 13.5. The van der Waals surface area contributed by atoms with Crippen LogP contribution in [0.4, 0.5) is 22.0 Å². The number of hydrogen-bond donors (Lipinski definition) is 0. The highest BCUT2D eigenvalue weighted by molar-refractivity contribution is 7.86. The summed E-state index contributed by atoms with van der Waals surface area (Å²) in [5.74, 6) is -14.2. The summed E-state index contributed by atoms with van der Waals surface area (Å²) in [6.07, 6.45) is -0.508. The fourth-order valence-corrected chi connectivity index (χ4v) is 3.53. The minimum Gasteiger partial charge on any atom is -0.420 e. The van der Waals surface area contributed by atoms with E-state index >= 15 is 0 Å². The molecular formula is C23H25F5O9S. The lowest BCUT2D eigenvalue weighted by Crippen LogP contribution is -2.16. The summed E-state index contributed by atoms with van der Waals surface area (Å²) in [7, 11) is -3.83. The van der Waals surface area contributed by atoms with Gasteiger partial charge < -0.3 is 23.7 Å². The van der Waals surface area contributed by atoms with Crippen LogP contribution in [0.15, 0.2) is 35.2 Å². The molecule has 0 unspecified atom stereocenters. The van der Waals surface area contributed by atoms with Crippen molar-refractivity contribution in [3.05, 3.63) is 59.4 Å². The van der Waals surface area contributed by atoms with Crippen LogP contribution in [0, 0.1) is 29.1 Å². The lowest BCUT2D eigenvalue weighted by Gasteiger charge is -2.09. The molecule has 0 saturated carbocycles.